The molecular formula is C22H39NO3SSi. The van der Waals surface area contributed by atoms with Crippen molar-refractivity contribution in [3.05, 3.63) is 35.4 Å². The lowest BCUT2D eigenvalue weighted by Crippen LogP contribution is -2.43. The molecule has 0 fully saturated rings. The first-order valence-electron chi connectivity index (χ1n) is 9.89. The van der Waals surface area contributed by atoms with Crippen molar-refractivity contribution < 1.29 is 13.4 Å². The van der Waals surface area contributed by atoms with E-state index in [-0.39, 0.29) is 17.1 Å². The number of nitrogens with zero attached hydrogens (tertiary/aromatic N) is 1. The average molecular weight is 426 g/mol. The van der Waals surface area contributed by atoms with Gasteiger partial charge in [-0.1, -0.05) is 57.5 Å². The summed E-state index contributed by atoms with van der Waals surface area (Å²) in [6, 6.07) is 8.41. The van der Waals surface area contributed by atoms with Crippen molar-refractivity contribution in [2.24, 2.45) is 10.3 Å². The second kappa shape index (κ2) is 9.22. The molecule has 160 valence electrons. The van der Waals surface area contributed by atoms with Crippen molar-refractivity contribution in [1.82, 2.24) is 0 Å². The topological polar surface area (TPSA) is 47.9 Å². The molecule has 0 N–H and O–H groups in total. The molecule has 6 heteroatoms. The Morgan fingerprint density at radius 1 is 1.07 bits per heavy atom. The Morgan fingerprint density at radius 3 is 1.96 bits per heavy atom. The van der Waals surface area contributed by atoms with Gasteiger partial charge in [0, 0.05) is 0 Å². The maximum absolute atomic E-state index is 12.6. The summed E-state index contributed by atoms with van der Waals surface area (Å²) < 4.78 is 29.0. The third-order valence-electron chi connectivity index (χ3n) is 5.38. The highest BCUT2D eigenvalue weighted by molar-refractivity contribution is 7.85. The van der Waals surface area contributed by atoms with Crippen LogP contribution in [0.2, 0.25) is 18.1 Å². The Hall–Kier alpha value is -0.983. The first kappa shape index (κ1) is 25.1. The van der Waals surface area contributed by atoms with Crippen molar-refractivity contribution in [2.45, 2.75) is 84.4 Å². The number of methoxy groups -OCH3 is 1. The van der Waals surface area contributed by atoms with Crippen molar-refractivity contribution in [3.63, 3.8) is 0 Å². The fourth-order valence-electron chi connectivity index (χ4n) is 2.36. The zero-order valence-corrected chi connectivity index (χ0v) is 21.4. The maximum Gasteiger partial charge on any atom is 0.203 e. The molecule has 0 aliphatic rings. The molecule has 28 heavy (non-hydrogen) atoms. The molecule has 1 aromatic carbocycles. The minimum Gasteiger partial charge on any atom is -0.483 e. The van der Waals surface area contributed by atoms with Crippen LogP contribution in [0.3, 0.4) is 0 Å². The summed E-state index contributed by atoms with van der Waals surface area (Å²) in [7, 11) is -1.84. The molecule has 1 aromatic rings. The van der Waals surface area contributed by atoms with Gasteiger partial charge in [-0.05, 0) is 51.4 Å². The number of ether oxygens (including phenoxy) is 1. The van der Waals surface area contributed by atoms with E-state index in [1.54, 1.807) is 7.11 Å². The molecule has 0 aliphatic carbocycles. The molecule has 0 amide bonds. The van der Waals surface area contributed by atoms with Gasteiger partial charge in [0.05, 0.1) is 23.9 Å². The Labute approximate surface area is 175 Å². The van der Waals surface area contributed by atoms with E-state index < -0.39 is 24.1 Å². The average Bonchev–Trinajstić information content (AvgIpc) is 2.55. The van der Waals surface area contributed by atoms with E-state index in [0.717, 1.165) is 5.56 Å². The highest BCUT2D eigenvalue weighted by Gasteiger charge is 2.41. The monoisotopic (exact) mass is 425 g/mol. The summed E-state index contributed by atoms with van der Waals surface area (Å²) in [6.45, 7) is 21.0. The van der Waals surface area contributed by atoms with Crippen LogP contribution >= 0.6 is 0 Å². The third kappa shape index (κ3) is 6.53. The Balaban J connectivity index is 3.39. The maximum atomic E-state index is 12.6. The minimum absolute atomic E-state index is 0.0777. The van der Waals surface area contributed by atoms with E-state index in [9.17, 15) is 4.21 Å². The Kier molecular flexibility index (Phi) is 8.25. The molecule has 0 bridgehead atoms. The summed E-state index contributed by atoms with van der Waals surface area (Å²) in [6.07, 6.45) is -0.211. The van der Waals surface area contributed by atoms with Gasteiger partial charge in [0.25, 0.3) is 0 Å². The van der Waals surface area contributed by atoms with Crippen LogP contribution in [-0.2, 0) is 20.1 Å². The quantitative estimate of drug-likeness (QED) is 0.310. The Bertz CT molecular complexity index is 700. The second-order valence-corrected chi connectivity index (χ2v) is 16.7. The van der Waals surface area contributed by atoms with Crippen molar-refractivity contribution in [2.75, 3.05) is 7.11 Å². The molecule has 0 heterocycles. The largest absolute Gasteiger partial charge is 0.483 e. The van der Waals surface area contributed by atoms with Crippen LogP contribution in [0.15, 0.2) is 28.7 Å². The van der Waals surface area contributed by atoms with Gasteiger partial charge in [0.15, 0.2) is 8.32 Å². The lowest BCUT2D eigenvalue weighted by Gasteiger charge is -2.41. The number of aryl methyl sites for hydroxylation is 1. The van der Waals surface area contributed by atoms with Crippen LogP contribution in [0.4, 0.5) is 0 Å². The van der Waals surface area contributed by atoms with Crippen molar-refractivity contribution in [1.29, 1.82) is 0 Å². The summed E-state index contributed by atoms with van der Waals surface area (Å²) >= 11 is 0. The SMILES string of the molecule is CO/C(=N/[S@](=O)C(C)(C)C)[C@H](C)[C@H](O[Si](C)(C)C(C)(C)C)c1ccc(C)cc1. The smallest absolute Gasteiger partial charge is 0.203 e. The first-order chi connectivity index (χ1) is 12.6. The van der Waals surface area contributed by atoms with E-state index >= 15 is 0 Å². The number of rotatable bonds is 6. The van der Waals surface area contributed by atoms with Crippen LogP contribution in [0.25, 0.3) is 0 Å². The summed E-state index contributed by atoms with van der Waals surface area (Å²) in [5.74, 6) is 0.311. The molecule has 0 aromatic heterocycles. The molecule has 3 atom stereocenters. The van der Waals surface area contributed by atoms with Gasteiger partial charge in [-0.25, -0.2) is 4.21 Å². The predicted molar refractivity (Wildman–Crippen MR) is 124 cm³/mol. The van der Waals surface area contributed by atoms with Crippen molar-refractivity contribution >= 4 is 25.2 Å². The van der Waals surface area contributed by atoms with Gasteiger partial charge in [-0.3, -0.25) is 0 Å². The summed E-state index contributed by atoms with van der Waals surface area (Å²) in [5, 5.41) is 0.0777. The van der Waals surface area contributed by atoms with E-state index in [4.69, 9.17) is 9.16 Å². The first-order valence-corrected chi connectivity index (χ1v) is 13.9. The van der Waals surface area contributed by atoms with E-state index in [1.165, 1.54) is 5.56 Å². The van der Waals surface area contributed by atoms with Crippen LogP contribution in [0.5, 0.6) is 0 Å². The van der Waals surface area contributed by atoms with Crippen LogP contribution in [0.1, 0.15) is 65.7 Å². The van der Waals surface area contributed by atoms with Gasteiger partial charge in [0.2, 0.25) is 5.90 Å². The fourth-order valence-corrected chi connectivity index (χ4v) is 4.37. The molecule has 4 nitrogen and oxygen atoms in total. The molecule has 0 unspecified atom stereocenters. The Morgan fingerprint density at radius 2 is 1.57 bits per heavy atom. The van der Waals surface area contributed by atoms with E-state index in [1.807, 2.05) is 27.7 Å². The number of hydrogen-bond donors (Lipinski definition) is 0. The fraction of sp³-hybridized carbons (Fsp3) is 0.682. The number of benzene rings is 1. The predicted octanol–water partition coefficient (Wildman–Crippen LogP) is 6.20. The van der Waals surface area contributed by atoms with Crippen LogP contribution < -0.4 is 0 Å². The van der Waals surface area contributed by atoms with Crippen LogP contribution in [0, 0.1) is 12.8 Å². The minimum atomic E-state index is -2.05. The van der Waals surface area contributed by atoms with Gasteiger partial charge >= 0.3 is 0 Å². The lowest BCUT2D eigenvalue weighted by molar-refractivity contribution is 0.143. The summed E-state index contributed by atoms with van der Waals surface area (Å²) in [5.41, 5.74) is 2.30. The van der Waals surface area contributed by atoms with E-state index in [0.29, 0.717) is 5.90 Å². The van der Waals surface area contributed by atoms with Gasteiger partial charge in [-0.2, -0.15) is 4.40 Å². The summed E-state index contributed by atoms with van der Waals surface area (Å²) in [4.78, 5) is 0. The van der Waals surface area contributed by atoms with Gasteiger partial charge in [-0.15, -0.1) is 0 Å². The number of hydrogen-bond acceptors (Lipinski definition) is 3. The molecule has 0 saturated carbocycles. The highest BCUT2D eigenvalue weighted by Crippen LogP contribution is 2.42. The van der Waals surface area contributed by atoms with Gasteiger partial charge < -0.3 is 9.16 Å². The molecule has 0 saturated heterocycles. The zero-order chi connectivity index (χ0) is 21.9. The molecule has 0 spiro atoms. The molecule has 0 radical (unpaired) electrons. The molecule has 1 rings (SSSR count). The lowest BCUT2D eigenvalue weighted by atomic mass is 9.96. The highest BCUT2D eigenvalue weighted by atomic mass is 32.2. The third-order valence-corrected chi connectivity index (χ3v) is 11.2. The van der Waals surface area contributed by atoms with Gasteiger partial charge in [0.1, 0.15) is 11.0 Å². The normalized spacial score (nSPS) is 17.2. The van der Waals surface area contributed by atoms with E-state index in [2.05, 4.69) is 69.5 Å². The van der Waals surface area contributed by atoms with Crippen LogP contribution in [-0.4, -0.2) is 30.3 Å². The second-order valence-electron chi connectivity index (χ2n) is 9.99. The standard InChI is InChI=1S/C22H39NO3SSi/c1-16-12-14-18(15-13-16)19(26-28(10,11)22(6,7)8)17(2)20(25-9)23-27(24)21(3,4)5/h12-15,17,19H,1-11H3/b23-20+/t17-,19+,27-/m1/s1. The molecular weight excluding hydrogens is 386 g/mol. The van der Waals surface area contributed by atoms with Crippen molar-refractivity contribution in [3.8, 4) is 0 Å². The zero-order valence-electron chi connectivity index (χ0n) is 19.5. The molecule has 0 aliphatic heterocycles.